The van der Waals surface area contributed by atoms with E-state index in [1.165, 1.54) is 23.4 Å². The number of carbonyl (C=O) groups excluding carboxylic acids is 1. The number of halogens is 3. The fourth-order valence-electron chi connectivity index (χ4n) is 1.74. The molecule has 2 aromatic rings. The minimum absolute atomic E-state index is 0.0892. The van der Waals surface area contributed by atoms with Gasteiger partial charge in [0.2, 0.25) is 5.91 Å². The van der Waals surface area contributed by atoms with Crippen molar-refractivity contribution in [2.45, 2.75) is 19.1 Å². The largest absolute Gasteiger partial charge is 0.433 e. The second kappa shape index (κ2) is 5.94. The summed E-state index contributed by atoms with van der Waals surface area (Å²) in [6.07, 6.45) is -1.64. The average Bonchev–Trinajstić information content (AvgIpc) is 2.91. The Bertz CT molecular complexity index is 610. The summed E-state index contributed by atoms with van der Waals surface area (Å²) in [6, 6.07) is 3.52. The molecule has 1 amide bonds. The molecule has 2 aromatic heterocycles. The third-order valence-electron chi connectivity index (χ3n) is 2.82. The van der Waals surface area contributed by atoms with Crippen molar-refractivity contribution < 1.29 is 18.0 Å². The molecule has 0 saturated heterocycles. The molecule has 0 atom stereocenters. The van der Waals surface area contributed by atoms with Gasteiger partial charge in [-0.1, -0.05) is 6.07 Å². The zero-order valence-corrected chi connectivity index (χ0v) is 11.2. The number of hydrogen-bond donors (Lipinski definition) is 1. The number of imidazole rings is 1. The van der Waals surface area contributed by atoms with E-state index in [0.29, 0.717) is 6.54 Å². The number of alkyl halides is 3. The highest BCUT2D eigenvalue weighted by molar-refractivity contribution is 5.78. The lowest BCUT2D eigenvalue weighted by molar-refractivity contribution is -0.141. The number of aromatic nitrogens is 3. The summed E-state index contributed by atoms with van der Waals surface area (Å²) in [4.78, 5) is 23.5. The van der Waals surface area contributed by atoms with Crippen molar-refractivity contribution in [3.05, 3.63) is 47.8 Å². The van der Waals surface area contributed by atoms with E-state index >= 15 is 0 Å². The highest BCUT2D eigenvalue weighted by atomic mass is 19.4. The molecule has 0 fully saturated rings. The van der Waals surface area contributed by atoms with E-state index in [1.54, 1.807) is 13.2 Å². The molecule has 0 unspecified atom stereocenters. The maximum absolute atomic E-state index is 12.5. The van der Waals surface area contributed by atoms with E-state index in [1.807, 2.05) is 0 Å². The maximum atomic E-state index is 12.5. The summed E-state index contributed by atoms with van der Waals surface area (Å²) < 4.78 is 37.6. The van der Waals surface area contributed by atoms with Crippen LogP contribution in [0, 0.1) is 0 Å². The summed E-state index contributed by atoms with van der Waals surface area (Å²) in [7, 11) is 1.57. The summed E-state index contributed by atoms with van der Waals surface area (Å²) in [5.41, 5.74) is -0.168. The van der Waals surface area contributed by atoms with Gasteiger partial charge in [-0.25, -0.2) is 9.97 Å². The van der Waals surface area contributed by atoms with E-state index in [9.17, 15) is 18.0 Å². The van der Waals surface area contributed by atoms with Crippen LogP contribution in [0.15, 0.2) is 30.7 Å². The molecular formula is C13H13F3N4O. The molecule has 0 aromatic carbocycles. The molecule has 0 aliphatic carbocycles. The normalized spacial score (nSPS) is 11.4. The number of aromatic amines is 1. The highest BCUT2D eigenvalue weighted by Crippen LogP contribution is 2.27. The van der Waals surface area contributed by atoms with E-state index in [-0.39, 0.29) is 18.0 Å². The Morgan fingerprint density at radius 2 is 2.14 bits per heavy atom. The lowest BCUT2D eigenvalue weighted by atomic mass is 10.2. The van der Waals surface area contributed by atoms with Gasteiger partial charge < -0.3 is 9.88 Å². The summed E-state index contributed by atoms with van der Waals surface area (Å²) in [5.74, 6) is -0.323. The lowest BCUT2D eigenvalue weighted by Crippen LogP contribution is -2.28. The summed E-state index contributed by atoms with van der Waals surface area (Å²) in [5, 5.41) is 0. The van der Waals surface area contributed by atoms with Crippen LogP contribution in [-0.4, -0.2) is 32.8 Å². The summed E-state index contributed by atoms with van der Waals surface area (Å²) >= 11 is 0. The van der Waals surface area contributed by atoms with Crippen molar-refractivity contribution in [1.29, 1.82) is 0 Å². The molecule has 0 aliphatic rings. The molecule has 0 radical (unpaired) electrons. The highest BCUT2D eigenvalue weighted by Gasteiger charge is 2.32. The number of pyridine rings is 1. The van der Waals surface area contributed by atoms with Crippen LogP contribution in [0.5, 0.6) is 0 Å². The first-order chi connectivity index (χ1) is 9.86. The molecule has 2 rings (SSSR count). The van der Waals surface area contributed by atoms with E-state index < -0.39 is 11.9 Å². The van der Waals surface area contributed by atoms with Crippen LogP contribution in [0.1, 0.15) is 17.1 Å². The fraction of sp³-hybridized carbons (Fsp3) is 0.308. The van der Waals surface area contributed by atoms with Crippen molar-refractivity contribution in [3.63, 3.8) is 0 Å². The molecule has 0 bridgehead atoms. The van der Waals surface area contributed by atoms with Crippen LogP contribution >= 0.6 is 0 Å². The third-order valence-corrected chi connectivity index (χ3v) is 2.82. The second-order valence-electron chi connectivity index (χ2n) is 4.52. The number of rotatable bonds is 4. The van der Waals surface area contributed by atoms with Crippen molar-refractivity contribution in [2.75, 3.05) is 7.05 Å². The molecule has 8 heteroatoms. The van der Waals surface area contributed by atoms with Gasteiger partial charge in [-0.3, -0.25) is 4.79 Å². The predicted octanol–water partition coefficient (Wildman–Crippen LogP) is 2.02. The van der Waals surface area contributed by atoms with Crippen LogP contribution in [0.3, 0.4) is 0 Å². The standard InChI is InChI=1S/C13H13F3N4O/c1-20(7-10-6-17-8-18-10)12(21)5-9-3-2-4-11(19-9)13(14,15)16/h2-4,6,8H,5,7H2,1H3,(H,17,18). The van der Waals surface area contributed by atoms with Crippen LogP contribution in [-0.2, 0) is 23.9 Å². The number of likely N-dealkylation sites (N-methyl/N-ethyl adjacent to an activating group) is 1. The maximum Gasteiger partial charge on any atom is 0.433 e. The van der Waals surface area contributed by atoms with Crippen molar-refractivity contribution >= 4 is 5.91 Å². The number of nitrogens with zero attached hydrogens (tertiary/aromatic N) is 3. The Labute approximate surface area is 118 Å². The van der Waals surface area contributed by atoms with Gasteiger partial charge in [-0.2, -0.15) is 13.2 Å². The topological polar surface area (TPSA) is 61.9 Å². The first-order valence-electron chi connectivity index (χ1n) is 6.10. The van der Waals surface area contributed by atoms with Crippen molar-refractivity contribution in [3.8, 4) is 0 Å². The van der Waals surface area contributed by atoms with E-state index in [4.69, 9.17) is 0 Å². The lowest BCUT2D eigenvalue weighted by Gasteiger charge is -2.16. The molecule has 5 nitrogen and oxygen atoms in total. The Balaban J connectivity index is 2.02. The predicted molar refractivity (Wildman–Crippen MR) is 68.0 cm³/mol. The molecule has 0 saturated carbocycles. The van der Waals surface area contributed by atoms with Gasteiger partial charge in [0, 0.05) is 13.2 Å². The minimum Gasteiger partial charge on any atom is -0.347 e. The van der Waals surface area contributed by atoms with Gasteiger partial charge in [-0.15, -0.1) is 0 Å². The zero-order chi connectivity index (χ0) is 15.5. The number of hydrogen-bond acceptors (Lipinski definition) is 3. The van der Waals surface area contributed by atoms with Crippen LogP contribution in [0.25, 0.3) is 0 Å². The molecule has 1 N–H and O–H groups in total. The number of amides is 1. The Kier molecular flexibility index (Phi) is 4.25. The fourth-order valence-corrected chi connectivity index (χ4v) is 1.74. The molecule has 21 heavy (non-hydrogen) atoms. The number of carbonyl (C=O) groups is 1. The Morgan fingerprint density at radius 3 is 2.76 bits per heavy atom. The van der Waals surface area contributed by atoms with Gasteiger partial charge in [0.15, 0.2) is 0 Å². The second-order valence-corrected chi connectivity index (χ2v) is 4.52. The van der Waals surface area contributed by atoms with Crippen molar-refractivity contribution in [2.24, 2.45) is 0 Å². The first kappa shape index (κ1) is 15.0. The van der Waals surface area contributed by atoms with E-state index in [2.05, 4.69) is 15.0 Å². The Morgan fingerprint density at radius 1 is 1.38 bits per heavy atom. The minimum atomic E-state index is -4.51. The molecular weight excluding hydrogens is 285 g/mol. The van der Waals surface area contributed by atoms with Gasteiger partial charge in [0.25, 0.3) is 0 Å². The Hall–Kier alpha value is -2.38. The quantitative estimate of drug-likeness (QED) is 0.939. The average molecular weight is 298 g/mol. The van der Waals surface area contributed by atoms with Crippen molar-refractivity contribution in [1.82, 2.24) is 19.9 Å². The zero-order valence-electron chi connectivity index (χ0n) is 11.2. The number of H-pyrrole nitrogens is 1. The summed E-state index contributed by atoms with van der Waals surface area (Å²) in [6.45, 7) is 0.303. The smallest absolute Gasteiger partial charge is 0.347 e. The monoisotopic (exact) mass is 298 g/mol. The molecule has 0 spiro atoms. The van der Waals surface area contributed by atoms with E-state index in [0.717, 1.165) is 11.8 Å². The molecule has 0 aliphatic heterocycles. The first-order valence-corrected chi connectivity index (χ1v) is 6.10. The SMILES string of the molecule is CN(Cc1cnc[nH]1)C(=O)Cc1cccc(C(F)(F)F)n1. The van der Waals surface area contributed by atoms with Gasteiger partial charge in [0.1, 0.15) is 5.69 Å². The van der Waals surface area contributed by atoms with Gasteiger partial charge in [-0.05, 0) is 12.1 Å². The van der Waals surface area contributed by atoms with Crippen LogP contribution in [0.4, 0.5) is 13.2 Å². The molecule has 112 valence electrons. The molecule has 2 heterocycles. The van der Waals surface area contributed by atoms with Gasteiger partial charge in [0.05, 0.1) is 30.7 Å². The third kappa shape index (κ3) is 4.04. The van der Waals surface area contributed by atoms with Crippen LogP contribution in [0.2, 0.25) is 0 Å². The number of nitrogens with one attached hydrogen (secondary N) is 1. The van der Waals surface area contributed by atoms with Gasteiger partial charge >= 0.3 is 6.18 Å². The van der Waals surface area contributed by atoms with Crippen LogP contribution < -0.4 is 0 Å².